The number of benzene rings is 1. The maximum atomic E-state index is 14.1. The predicted octanol–water partition coefficient (Wildman–Crippen LogP) is 3.86. The highest BCUT2D eigenvalue weighted by atomic mass is 79.9. The summed E-state index contributed by atoms with van der Waals surface area (Å²) >= 11 is 3.24. The summed E-state index contributed by atoms with van der Waals surface area (Å²) in [7, 11) is 0. The van der Waals surface area contributed by atoms with E-state index in [1.807, 2.05) is 18.2 Å². The van der Waals surface area contributed by atoms with E-state index in [1.54, 1.807) is 23.2 Å². The lowest BCUT2D eigenvalue weighted by molar-refractivity contribution is 0.190. The molecule has 2 amide bonds. The molecule has 0 aliphatic heterocycles. The third-order valence-corrected chi connectivity index (χ3v) is 4.14. The van der Waals surface area contributed by atoms with Gasteiger partial charge in [0.1, 0.15) is 5.82 Å². The van der Waals surface area contributed by atoms with Crippen LogP contribution in [0.5, 0.6) is 0 Å². The topological polar surface area (TPSA) is 45.2 Å². The van der Waals surface area contributed by atoms with E-state index in [1.165, 1.54) is 6.07 Å². The van der Waals surface area contributed by atoms with E-state index in [-0.39, 0.29) is 24.4 Å². The quantitative estimate of drug-likeness (QED) is 0.859. The Labute approximate surface area is 142 Å². The molecule has 1 aliphatic carbocycles. The number of nitrogens with one attached hydrogen (secondary N) is 1. The Morgan fingerprint density at radius 2 is 2.13 bits per heavy atom. The van der Waals surface area contributed by atoms with Gasteiger partial charge in [0.2, 0.25) is 0 Å². The summed E-state index contributed by atoms with van der Waals surface area (Å²) in [6, 6.07) is 10.5. The third-order valence-electron chi connectivity index (χ3n) is 3.65. The summed E-state index contributed by atoms with van der Waals surface area (Å²) in [6.45, 7) is 0.545. The average molecular weight is 378 g/mol. The Balaban J connectivity index is 1.77. The van der Waals surface area contributed by atoms with Crippen molar-refractivity contribution in [2.24, 2.45) is 0 Å². The van der Waals surface area contributed by atoms with Crippen molar-refractivity contribution in [3.63, 3.8) is 0 Å². The molecule has 0 radical (unpaired) electrons. The minimum absolute atomic E-state index is 0.180. The first kappa shape index (κ1) is 15.9. The number of aromatic nitrogens is 1. The predicted molar refractivity (Wildman–Crippen MR) is 89.1 cm³/mol. The highest BCUT2D eigenvalue weighted by Gasteiger charge is 2.26. The van der Waals surface area contributed by atoms with Crippen molar-refractivity contribution in [2.45, 2.75) is 32.0 Å². The van der Waals surface area contributed by atoms with Gasteiger partial charge in [0.05, 0.1) is 18.8 Å². The van der Waals surface area contributed by atoms with Crippen LogP contribution < -0.4 is 5.32 Å². The van der Waals surface area contributed by atoms with Gasteiger partial charge in [-0.1, -0.05) is 28.1 Å². The Kier molecular flexibility index (Phi) is 4.91. The van der Waals surface area contributed by atoms with Gasteiger partial charge in [-0.05, 0) is 37.1 Å². The number of rotatable bonds is 5. The normalized spacial score (nSPS) is 13.7. The first-order chi connectivity index (χ1) is 11.1. The maximum absolute atomic E-state index is 14.1. The highest BCUT2D eigenvalue weighted by molar-refractivity contribution is 9.10. The number of halogens is 2. The number of pyridine rings is 1. The average Bonchev–Trinajstić information content (AvgIpc) is 3.34. The Morgan fingerprint density at radius 1 is 1.30 bits per heavy atom. The molecule has 2 aromatic rings. The van der Waals surface area contributed by atoms with Crippen molar-refractivity contribution in [3.8, 4) is 0 Å². The van der Waals surface area contributed by atoms with Gasteiger partial charge in [0.25, 0.3) is 0 Å². The van der Waals surface area contributed by atoms with Crippen LogP contribution in [-0.2, 0) is 13.1 Å². The minimum atomic E-state index is -0.329. The minimum Gasteiger partial charge on any atom is -0.335 e. The van der Waals surface area contributed by atoms with Crippen LogP contribution in [0.2, 0.25) is 0 Å². The number of hydrogen-bond acceptors (Lipinski definition) is 2. The molecular weight excluding hydrogens is 361 g/mol. The molecule has 0 atom stereocenters. The van der Waals surface area contributed by atoms with Gasteiger partial charge >= 0.3 is 6.03 Å². The molecule has 1 aromatic heterocycles. The van der Waals surface area contributed by atoms with E-state index in [0.717, 1.165) is 18.5 Å². The monoisotopic (exact) mass is 377 g/mol. The molecule has 6 heteroatoms. The lowest BCUT2D eigenvalue weighted by Gasteiger charge is -2.23. The van der Waals surface area contributed by atoms with Crippen molar-refractivity contribution < 1.29 is 9.18 Å². The molecule has 0 bridgehead atoms. The number of carbonyl (C=O) groups excluding carboxylic acids is 1. The molecule has 0 spiro atoms. The number of amides is 2. The van der Waals surface area contributed by atoms with Crippen molar-refractivity contribution >= 4 is 22.0 Å². The van der Waals surface area contributed by atoms with Gasteiger partial charge in [-0.2, -0.15) is 0 Å². The largest absolute Gasteiger partial charge is 0.335 e. The molecule has 1 saturated carbocycles. The SMILES string of the molecule is O=C(NC1CC1)N(Cc1ccccn1)Cc1ccc(Br)cc1F. The summed E-state index contributed by atoms with van der Waals surface area (Å²) in [5.41, 5.74) is 1.26. The zero-order valence-electron chi connectivity index (χ0n) is 12.5. The number of carbonyl (C=O) groups is 1. The van der Waals surface area contributed by atoms with Crippen LogP contribution in [-0.4, -0.2) is 22.0 Å². The van der Waals surface area contributed by atoms with Crippen LogP contribution in [0.15, 0.2) is 47.1 Å². The molecule has 1 heterocycles. The van der Waals surface area contributed by atoms with E-state index < -0.39 is 0 Å². The first-order valence-corrected chi connectivity index (χ1v) is 8.30. The zero-order valence-corrected chi connectivity index (χ0v) is 14.1. The fourth-order valence-corrected chi connectivity index (χ4v) is 2.57. The molecule has 1 aliphatic rings. The Hall–Kier alpha value is -1.95. The Morgan fingerprint density at radius 3 is 2.78 bits per heavy atom. The lowest BCUT2D eigenvalue weighted by Crippen LogP contribution is -2.40. The third kappa shape index (κ3) is 4.51. The smallest absolute Gasteiger partial charge is 0.318 e. The molecule has 0 unspecified atom stereocenters. The summed E-state index contributed by atoms with van der Waals surface area (Å²) in [6.07, 6.45) is 3.71. The van der Waals surface area contributed by atoms with Crippen LogP contribution in [0.25, 0.3) is 0 Å². The fraction of sp³-hybridized carbons (Fsp3) is 0.294. The van der Waals surface area contributed by atoms with E-state index in [2.05, 4.69) is 26.2 Å². The molecule has 3 rings (SSSR count). The summed E-state index contributed by atoms with van der Waals surface area (Å²) in [5.74, 6) is -0.329. The Bertz CT molecular complexity index is 691. The van der Waals surface area contributed by atoms with Crippen molar-refractivity contribution in [2.75, 3.05) is 0 Å². The van der Waals surface area contributed by atoms with Crippen molar-refractivity contribution in [1.82, 2.24) is 15.2 Å². The second-order valence-corrected chi connectivity index (χ2v) is 6.55. The van der Waals surface area contributed by atoms with Crippen molar-refractivity contribution in [3.05, 3.63) is 64.1 Å². The molecule has 1 fully saturated rings. The summed E-state index contributed by atoms with van der Waals surface area (Å²) in [5, 5.41) is 2.95. The van der Waals surface area contributed by atoms with E-state index in [4.69, 9.17) is 0 Å². The van der Waals surface area contributed by atoms with Gasteiger partial charge in [-0.15, -0.1) is 0 Å². The van der Waals surface area contributed by atoms with E-state index in [0.29, 0.717) is 16.6 Å². The van der Waals surface area contributed by atoms with Crippen molar-refractivity contribution in [1.29, 1.82) is 0 Å². The van der Waals surface area contributed by atoms with Gasteiger partial charge in [0.15, 0.2) is 0 Å². The molecule has 1 aromatic carbocycles. The van der Waals surface area contributed by atoms with Gasteiger partial charge in [-0.25, -0.2) is 9.18 Å². The van der Waals surface area contributed by atoms with Crippen LogP contribution in [0.1, 0.15) is 24.1 Å². The highest BCUT2D eigenvalue weighted by Crippen LogP contribution is 2.21. The second kappa shape index (κ2) is 7.08. The van der Waals surface area contributed by atoms with Gasteiger partial charge in [0, 0.05) is 22.3 Å². The molecule has 0 saturated heterocycles. The first-order valence-electron chi connectivity index (χ1n) is 7.51. The number of hydrogen-bond donors (Lipinski definition) is 1. The molecular formula is C17H17BrFN3O. The summed E-state index contributed by atoms with van der Waals surface area (Å²) in [4.78, 5) is 18.3. The standard InChI is InChI=1S/C17H17BrFN3O/c18-13-5-4-12(16(19)9-13)10-22(17(23)21-14-6-7-14)11-15-3-1-2-8-20-15/h1-5,8-9,14H,6-7,10-11H2,(H,21,23). The van der Waals surface area contributed by atoms with Crippen LogP contribution in [0.4, 0.5) is 9.18 Å². The van der Waals surface area contributed by atoms with Crippen LogP contribution in [0, 0.1) is 5.82 Å². The number of urea groups is 1. The zero-order chi connectivity index (χ0) is 16.2. The number of nitrogens with zero attached hydrogens (tertiary/aromatic N) is 2. The second-order valence-electron chi connectivity index (χ2n) is 5.64. The van der Waals surface area contributed by atoms with Gasteiger partial charge < -0.3 is 10.2 Å². The van der Waals surface area contributed by atoms with E-state index in [9.17, 15) is 9.18 Å². The van der Waals surface area contributed by atoms with E-state index >= 15 is 0 Å². The lowest BCUT2D eigenvalue weighted by atomic mass is 10.2. The van der Waals surface area contributed by atoms with Gasteiger partial charge in [-0.3, -0.25) is 4.98 Å². The summed E-state index contributed by atoms with van der Waals surface area (Å²) < 4.78 is 14.8. The fourth-order valence-electron chi connectivity index (χ4n) is 2.24. The molecule has 1 N–H and O–H groups in total. The van der Waals surface area contributed by atoms with Crippen LogP contribution >= 0.6 is 15.9 Å². The molecule has 4 nitrogen and oxygen atoms in total. The van der Waals surface area contributed by atoms with Crippen LogP contribution in [0.3, 0.4) is 0 Å². The molecule has 120 valence electrons. The maximum Gasteiger partial charge on any atom is 0.318 e. The molecule has 23 heavy (non-hydrogen) atoms.